The Hall–Kier alpha value is -2.53. The number of halogens is 1. The molecular formula is C25H31ClN2O3. The van der Waals surface area contributed by atoms with Gasteiger partial charge in [0.15, 0.2) is 6.61 Å². The highest BCUT2D eigenvalue weighted by atomic mass is 35.5. The Kier molecular flexibility index (Phi) is 7.97. The number of carbonyl (C=O) groups excluding carboxylic acids is 2. The van der Waals surface area contributed by atoms with Crippen molar-refractivity contribution in [3.63, 3.8) is 0 Å². The fourth-order valence-corrected chi connectivity index (χ4v) is 3.92. The average Bonchev–Trinajstić information content (AvgIpc) is 3.26. The summed E-state index contributed by atoms with van der Waals surface area (Å²) in [6.07, 6.45) is 4.28. The molecule has 0 bridgehead atoms. The Morgan fingerprint density at radius 3 is 2.45 bits per heavy atom. The van der Waals surface area contributed by atoms with E-state index in [-0.39, 0.29) is 24.5 Å². The van der Waals surface area contributed by atoms with E-state index in [0.717, 1.165) is 42.4 Å². The molecular weight excluding hydrogens is 412 g/mol. The molecule has 0 unspecified atom stereocenters. The van der Waals surface area contributed by atoms with Crippen LogP contribution in [0.5, 0.6) is 5.75 Å². The quantitative estimate of drug-likeness (QED) is 0.638. The fraction of sp³-hybridized carbons (Fsp3) is 0.440. The van der Waals surface area contributed by atoms with E-state index in [1.165, 1.54) is 0 Å². The Bertz CT molecular complexity index is 907. The van der Waals surface area contributed by atoms with Gasteiger partial charge in [-0.15, -0.1) is 0 Å². The molecule has 1 saturated carbocycles. The minimum Gasteiger partial charge on any atom is -0.484 e. The molecule has 2 aromatic carbocycles. The van der Waals surface area contributed by atoms with Crippen LogP contribution in [0.15, 0.2) is 42.5 Å². The van der Waals surface area contributed by atoms with E-state index in [1.54, 1.807) is 30.0 Å². The summed E-state index contributed by atoms with van der Waals surface area (Å²) in [4.78, 5) is 27.6. The molecule has 5 nitrogen and oxygen atoms in total. The van der Waals surface area contributed by atoms with Crippen molar-refractivity contribution in [3.05, 3.63) is 64.2 Å². The molecule has 31 heavy (non-hydrogen) atoms. The molecule has 0 spiro atoms. The molecule has 1 fully saturated rings. The van der Waals surface area contributed by atoms with Crippen LogP contribution in [0, 0.1) is 13.8 Å². The number of ether oxygens (including phenoxy) is 1. The highest BCUT2D eigenvalue weighted by molar-refractivity contribution is 6.31. The topological polar surface area (TPSA) is 58.6 Å². The Morgan fingerprint density at radius 2 is 1.81 bits per heavy atom. The van der Waals surface area contributed by atoms with Gasteiger partial charge in [-0.3, -0.25) is 9.59 Å². The Balaban J connectivity index is 1.71. The molecule has 6 heteroatoms. The van der Waals surface area contributed by atoms with Crippen molar-refractivity contribution in [1.29, 1.82) is 0 Å². The molecule has 1 atom stereocenters. The Labute approximate surface area is 189 Å². The highest BCUT2D eigenvalue weighted by Gasteiger charge is 2.28. The molecule has 1 aliphatic carbocycles. The molecule has 0 aliphatic heterocycles. The van der Waals surface area contributed by atoms with Crippen molar-refractivity contribution in [3.8, 4) is 5.75 Å². The van der Waals surface area contributed by atoms with Crippen LogP contribution in [0.2, 0.25) is 5.02 Å². The Morgan fingerprint density at radius 1 is 1.13 bits per heavy atom. The van der Waals surface area contributed by atoms with Gasteiger partial charge in [0.05, 0.1) is 0 Å². The van der Waals surface area contributed by atoms with Crippen molar-refractivity contribution in [2.75, 3.05) is 6.61 Å². The highest BCUT2D eigenvalue weighted by Crippen LogP contribution is 2.22. The van der Waals surface area contributed by atoms with Crippen LogP contribution in [0.3, 0.4) is 0 Å². The number of carbonyl (C=O) groups is 2. The number of hydrogen-bond donors (Lipinski definition) is 1. The fourth-order valence-electron chi connectivity index (χ4n) is 3.80. The minimum atomic E-state index is -0.593. The third-order valence-corrected chi connectivity index (χ3v) is 6.26. The largest absolute Gasteiger partial charge is 0.484 e. The number of amides is 2. The van der Waals surface area contributed by atoms with E-state index >= 15 is 0 Å². The van der Waals surface area contributed by atoms with E-state index in [0.29, 0.717) is 17.3 Å². The van der Waals surface area contributed by atoms with Crippen LogP contribution in [0.4, 0.5) is 0 Å². The standard InChI is InChI=1S/C25H31ClN2O3/c1-17-8-10-20(11-9-17)15-28(19(3)25(30)27-21-6-4-5-7-21)24(29)16-31-22-12-13-23(26)18(2)14-22/h8-14,19,21H,4-7,15-16H2,1-3H3,(H,27,30)/t19-/m0/s1. The van der Waals surface area contributed by atoms with Crippen LogP contribution in [0.1, 0.15) is 49.3 Å². The van der Waals surface area contributed by atoms with Crippen LogP contribution < -0.4 is 10.1 Å². The molecule has 0 heterocycles. The summed E-state index contributed by atoms with van der Waals surface area (Å²) in [7, 11) is 0. The zero-order valence-corrected chi connectivity index (χ0v) is 19.2. The van der Waals surface area contributed by atoms with Gasteiger partial charge in [0.2, 0.25) is 5.91 Å². The monoisotopic (exact) mass is 442 g/mol. The predicted octanol–water partition coefficient (Wildman–Crippen LogP) is 4.81. The van der Waals surface area contributed by atoms with Crippen molar-refractivity contribution in [2.24, 2.45) is 0 Å². The van der Waals surface area contributed by atoms with Gasteiger partial charge >= 0.3 is 0 Å². The molecule has 1 aliphatic rings. The van der Waals surface area contributed by atoms with Gasteiger partial charge in [-0.2, -0.15) is 0 Å². The van der Waals surface area contributed by atoms with E-state index in [4.69, 9.17) is 16.3 Å². The van der Waals surface area contributed by atoms with Crippen LogP contribution in [0.25, 0.3) is 0 Å². The van der Waals surface area contributed by atoms with Crippen LogP contribution in [-0.4, -0.2) is 35.4 Å². The van der Waals surface area contributed by atoms with Gasteiger partial charge in [0.1, 0.15) is 11.8 Å². The molecule has 0 saturated heterocycles. The van der Waals surface area contributed by atoms with Gasteiger partial charge in [0, 0.05) is 17.6 Å². The normalized spacial score (nSPS) is 14.8. The van der Waals surface area contributed by atoms with Gasteiger partial charge in [0.25, 0.3) is 5.91 Å². The first-order valence-corrected chi connectivity index (χ1v) is 11.3. The van der Waals surface area contributed by atoms with Crippen LogP contribution >= 0.6 is 11.6 Å². The van der Waals surface area contributed by atoms with Gasteiger partial charge < -0.3 is 15.0 Å². The van der Waals surface area contributed by atoms with Crippen molar-refractivity contribution in [2.45, 2.75) is 65.1 Å². The number of nitrogens with zero attached hydrogens (tertiary/aromatic N) is 1. The molecule has 166 valence electrons. The number of benzene rings is 2. The summed E-state index contributed by atoms with van der Waals surface area (Å²) in [5.41, 5.74) is 3.00. The lowest BCUT2D eigenvalue weighted by Crippen LogP contribution is -2.50. The molecule has 0 aromatic heterocycles. The second kappa shape index (κ2) is 10.7. The number of aryl methyl sites for hydroxylation is 2. The number of rotatable bonds is 8. The van der Waals surface area contributed by atoms with E-state index in [9.17, 15) is 9.59 Å². The average molecular weight is 443 g/mol. The molecule has 0 radical (unpaired) electrons. The first kappa shape index (κ1) is 23.1. The summed E-state index contributed by atoms with van der Waals surface area (Å²) < 4.78 is 5.72. The van der Waals surface area contributed by atoms with Crippen molar-refractivity contribution < 1.29 is 14.3 Å². The van der Waals surface area contributed by atoms with Crippen molar-refractivity contribution in [1.82, 2.24) is 10.2 Å². The molecule has 2 amide bonds. The summed E-state index contributed by atoms with van der Waals surface area (Å²) in [5, 5.41) is 3.76. The lowest BCUT2D eigenvalue weighted by molar-refractivity contribution is -0.142. The third kappa shape index (κ3) is 6.47. The second-order valence-electron chi connectivity index (χ2n) is 8.37. The zero-order chi connectivity index (χ0) is 22.4. The summed E-state index contributed by atoms with van der Waals surface area (Å²) in [5.74, 6) is 0.227. The zero-order valence-electron chi connectivity index (χ0n) is 18.5. The van der Waals surface area contributed by atoms with Gasteiger partial charge in [-0.05, 0) is 62.9 Å². The molecule has 2 aromatic rings. The predicted molar refractivity (Wildman–Crippen MR) is 123 cm³/mol. The summed E-state index contributed by atoms with van der Waals surface area (Å²) >= 11 is 6.07. The third-order valence-electron chi connectivity index (χ3n) is 5.83. The van der Waals surface area contributed by atoms with E-state index in [2.05, 4.69) is 5.32 Å². The van der Waals surface area contributed by atoms with E-state index in [1.807, 2.05) is 38.1 Å². The van der Waals surface area contributed by atoms with Crippen molar-refractivity contribution >= 4 is 23.4 Å². The maximum atomic E-state index is 13.1. The SMILES string of the molecule is Cc1ccc(CN(C(=O)COc2ccc(Cl)c(C)c2)[C@@H](C)C(=O)NC2CCCC2)cc1. The van der Waals surface area contributed by atoms with Crippen LogP contribution in [-0.2, 0) is 16.1 Å². The number of hydrogen-bond acceptors (Lipinski definition) is 3. The van der Waals surface area contributed by atoms with Gasteiger partial charge in [-0.25, -0.2) is 0 Å². The molecule has 1 N–H and O–H groups in total. The summed E-state index contributed by atoms with van der Waals surface area (Å²) in [6.45, 7) is 5.89. The number of nitrogens with one attached hydrogen (secondary N) is 1. The smallest absolute Gasteiger partial charge is 0.261 e. The summed E-state index contributed by atoms with van der Waals surface area (Å²) in [6, 6.07) is 12.9. The first-order valence-electron chi connectivity index (χ1n) is 10.9. The lowest BCUT2D eigenvalue weighted by Gasteiger charge is -2.29. The maximum absolute atomic E-state index is 13.1. The van der Waals surface area contributed by atoms with E-state index < -0.39 is 6.04 Å². The lowest BCUT2D eigenvalue weighted by atomic mass is 10.1. The first-order chi connectivity index (χ1) is 14.8. The minimum absolute atomic E-state index is 0.116. The maximum Gasteiger partial charge on any atom is 0.261 e. The second-order valence-corrected chi connectivity index (χ2v) is 8.78. The van der Waals surface area contributed by atoms with Gasteiger partial charge in [-0.1, -0.05) is 54.3 Å². The molecule has 3 rings (SSSR count).